The summed E-state index contributed by atoms with van der Waals surface area (Å²) in [7, 11) is 0. The summed E-state index contributed by atoms with van der Waals surface area (Å²) in [6.07, 6.45) is 1.30. The first kappa shape index (κ1) is 11.9. The van der Waals surface area contributed by atoms with Crippen molar-refractivity contribution in [1.82, 2.24) is 19.9 Å². The molecular weight excluding hydrogens is 262 g/mol. The minimum absolute atomic E-state index is 0.178. The molecule has 2 aromatic heterocycles. The van der Waals surface area contributed by atoms with Crippen molar-refractivity contribution in [2.24, 2.45) is 0 Å². The average molecular weight is 270 g/mol. The number of nitrogens with two attached hydrogens (primary N) is 1. The molecule has 2 aromatic rings. The van der Waals surface area contributed by atoms with E-state index in [4.69, 9.17) is 17.3 Å². The van der Waals surface area contributed by atoms with E-state index in [0.29, 0.717) is 15.9 Å². The van der Waals surface area contributed by atoms with Gasteiger partial charge in [0.15, 0.2) is 10.3 Å². The number of halogens is 1. The predicted molar refractivity (Wildman–Crippen MR) is 65.2 cm³/mol. The van der Waals surface area contributed by atoms with Crippen LogP contribution in [0.25, 0.3) is 0 Å². The molecule has 0 bridgehead atoms. The molecule has 88 valence electrons. The van der Waals surface area contributed by atoms with Crippen molar-refractivity contribution < 1.29 is 0 Å². The Labute approximate surface area is 106 Å². The number of nitrogens with zero attached hydrogens (tertiary/aromatic N) is 3. The number of aryl methyl sites for hydroxylation is 1. The summed E-state index contributed by atoms with van der Waals surface area (Å²) >= 11 is 6.89. The van der Waals surface area contributed by atoms with Crippen LogP contribution in [-0.2, 0) is 0 Å². The molecule has 0 aromatic carbocycles. The van der Waals surface area contributed by atoms with Gasteiger partial charge in [-0.1, -0.05) is 11.6 Å². The summed E-state index contributed by atoms with van der Waals surface area (Å²) in [4.78, 5) is 25.7. The lowest BCUT2D eigenvalue weighted by Crippen LogP contribution is -2.08. The van der Waals surface area contributed by atoms with E-state index in [0.717, 1.165) is 11.8 Å². The van der Waals surface area contributed by atoms with Gasteiger partial charge < -0.3 is 10.7 Å². The third kappa shape index (κ3) is 2.75. The number of H-pyrrole nitrogens is 1. The zero-order chi connectivity index (χ0) is 12.4. The second-order valence-corrected chi connectivity index (χ2v) is 4.51. The molecule has 0 aliphatic heterocycles. The topological polar surface area (TPSA) is 97.5 Å². The molecule has 0 atom stereocenters. The molecule has 0 fully saturated rings. The zero-order valence-corrected chi connectivity index (χ0v) is 10.3. The number of aromatic amines is 1. The van der Waals surface area contributed by atoms with Crippen LogP contribution in [0, 0.1) is 6.92 Å². The fraction of sp³-hybridized carbons (Fsp3) is 0.111. The number of hydrogen-bond acceptors (Lipinski definition) is 6. The fourth-order valence-electron chi connectivity index (χ4n) is 1.13. The Morgan fingerprint density at radius 2 is 2.24 bits per heavy atom. The van der Waals surface area contributed by atoms with E-state index < -0.39 is 0 Å². The SMILES string of the molecule is Cc1cc(=O)[nH]c(Sc2ncnc(Cl)c2N)n1. The molecule has 3 N–H and O–H groups in total. The van der Waals surface area contributed by atoms with Crippen molar-refractivity contribution in [2.75, 3.05) is 5.73 Å². The van der Waals surface area contributed by atoms with E-state index in [1.807, 2.05) is 0 Å². The van der Waals surface area contributed by atoms with Crippen LogP contribution in [0.1, 0.15) is 5.69 Å². The highest BCUT2D eigenvalue weighted by Crippen LogP contribution is 2.30. The smallest absolute Gasteiger partial charge is 0.251 e. The first-order valence-corrected chi connectivity index (χ1v) is 5.77. The van der Waals surface area contributed by atoms with Crippen molar-refractivity contribution in [3.05, 3.63) is 33.6 Å². The van der Waals surface area contributed by atoms with E-state index in [1.165, 1.54) is 12.4 Å². The van der Waals surface area contributed by atoms with E-state index in [9.17, 15) is 4.79 Å². The molecule has 0 aliphatic rings. The first-order chi connectivity index (χ1) is 8.06. The molecule has 2 rings (SSSR count). The number of nitrogen functional groups attached to an aromatic ring is 1. The fourth-order valence-corrected chi connectivity index (χ4v) is 2.15. The normalized spacial score (nSPS) is 10.5. The molecule has 8 heteroatoms. The average Bonchev–Trinajstić information content (AvgIpc) is 2.23. The maximum absolute atomic E-state index is 11.3. The molecular formula is C9H8ClN5OS. The third-order valence-electron chi connectivity index (χ3n) is 1.84. The minimum atomic E-state index is -0.223. The van der Waals surface area contributed by atoms with Gasteiger partial charge in [0.25, 0.3) is 5.56 Å². The van der Waals surface area contributed by atoms with Crippen LogP contribution in [0.15, 0.2) is 27.4 Å². The van der Waals surface area contributed by atoms with Crippen LogP contribution in [0.5, 0.6) is 0 Å². The van der Waals surface area contributed by atoms with Gasteiger partial charge in [-0.25, -0.2) is 15.0 Å². The molecule has 0 unspecified atom stereocenters. The Morgan fingerprint density at radius 3 is 2.94 bits per heavy atom. The number of hydrogen-bond donors (Lipinski definition) is 2. The second-order valence-electron chi connectivity index (χ2n) is 3.18. The minimum Gasteiger partial charge on any atom is -0.394 e. The van der Waals surface area contributed by atoms with Gasteiger partial charge in [0.2, 0.25) is 0 Å². The van der Waals surface area contributed by atoms with E-state index in [2.05, 4.69) is 19.9 Å². The second kappa shape index (κ2) is 4.72. The summed E-state index contributed by atoms with van der Waals surface area (Å²) in [6, 6.07) is 1.40. The maximum Gasteiger partial charge on any atom is 0.251 e. The van der Waals surface area contributed by atoms with E-state index >= 15 is 0 Å². The molecule has 0 spiro atoms. The Hall–Kier alpha value is -1.60. The Balaban J connectivity index is 2.38. The van der Waals surface area contributed by atoms with Crippen molar-refractivity contribution >= 4 is 29.1 Å². The largest absolute Gasteiger partial charge is 0.394 e. The lowest BCUT2D eigenvalue weighted by molar-refractivity contribution is 0.901. The molecule has 2 heterocycles. The highest BCUT2D eigenvalue weighted by atomic mass is 35.5. The Morgan fingerprint density at radius 1 is 1.47 bits per heavy atom. The number of nitrogens with one attached hydrogen (secondary N) is 1. The van der Waals surface area contributed by atoms with Crippen LogP contribution >= 0.6 is 23.4 Å². The number of rotatable bonds is 2. The molecule has 0 radical (unpaired) electrons. The van der Waals surface area contributed by atoms with Crippen LogP contribution in [0.3, 0.4) is 0 Å². The standard InChI is InChI=1S/C9H8ClN5OS/c1-4-2-5(16)15-9(14-4)17-8-6(11)7(10)12-3-13-8/h2-3H,11H2,1H3,(H,14,15,16). The Bertz CT molecular complexity index is 615. The monoisotopic (exact) mass is 269 g/mol. The number of aromatic nitrogens is 4. The van der Waals surface area contributed by atoms with Crippen LogP contribution in [-0.4, -0.2) is 19.9 Å². The van der Waals surface area contributed by atoms with Gasteiger partial charge in [-0.05, 0) is 18.7 Å². The summed E-state index contributed by atoms with van der Waals surface area (Å²) in [5.74, 6) is 0. The van der Waals surface area contributed by atoms with E-state index in [-0.39, 0.29) is 16.4 Å². The first-order valence-electron chi connectivity index (χ1n) is 4.58. The van der Waals surface area contributed by atoms with Gasteiger partial charge in [0, 0.05) is 11.8 Å². The van der Waals surface area contributed by atoms with Crippen molar-refractivity contribution in [3.8, 4) is 0 Å². The van der Waals surface area contributed by atoms with Crippen molar-refractivity contribution in [2.45, 2.75) is 17.1 Å². The summed E-state index contributed by atoms with van der Waals surface area (Å²) < 4.78 is 0. The van der Waals surface area contributed by atoms with Gasteiger partial charge in [0.05, 0.1) is 0 Å². The van der Waals surface area contributed by atoms with Gasteiger partial charge in [0.1, 0.15) is 17.0 Å². The van der Waals surface area contributed by atoms with Crippen LogP contribution < -0.4 is 11.3 Å². The maximum atomic E-state index is 11.3. The molecule has 0 aliphatic carbocycles. The quantitative estimate of drug-likeness (QED) is 0.629. The Kier molecular flexibility index (Phi) is 3.30. The lowest BCUT2D eigenvalue weighted by Gasteiger charge is -2.04. The predicted octanol–water partition coefficient (Wildman–Crippen LogP) is 1.26. The van der Waals surface area contributed by atoms with Gasteiger partial charge in [-0.3, -0.25) is 4.79 Å². The third-order valence-corrected chi connectivity index (χ3v) is 3.05. The highest BCUT2D eigenvalue weighted by molar-refractivity contribution is 7.99. The lowest BCUT2D eigenvalue weighted by atomic mass is 10.5. The number of anilines is 1. The molecule has 0 saturated heterocycles. The summed E-state index contributed by atoms with van der Waals surface area (Å²) in [5, 5.41) is 1.05. The van der Waals surface area contributed by atoms with Crippen molar-refractivity contribution in [3.63, 3.8) is 0 Å². The molecule has 6 nitrogen and oxygen atoms in total. The van der Waals surface area contributed by atoms with E-state index in [1.54, 1.807) is 6.92 Å². The molecule has 0 saturated carbocycles. The molecule has 17 heavy (non-hydrogen) atoms. The summed E-state index contributed by atoms with van der Waals surface area (Å²) in [6.45, 7) is 1.73. The zero-order valence-electron chi connectivity index (χ0n) is 8.77. The van der Waals surface area contributed by atoms with Crippen molar-refractivity contribution in [1.29, 1.82) is 0 Å². The van der Waals surface area contributed by atoms with Crippen LogP contribution in [0.2, 0.25) is 5.15 Å². The highest BCUT2D eigenvalue weighted by Gasteiger charge is 2.09. The van der Waals surface area contributed by atoms with Gasteiger partial charge in [-0.15, -0.1) is 0 Å². The summed E-state index contributed by atoms with van der Waals surface area (Å²) in [5.41, 5.74) is 6.37. The van der Waals surface area contributed by atoms with Gasteiger partial charge in [-0.2, -0.15) is 0 Å². The van der Waals surface area contributed by atoms with Gasteiger partial charge >= 0.3 is 0 Å². The van der Waals surface area contributed by atoms with Crippen LogP contribution in [0.4, 0.5) is 5.69 Å². The molecule has 0 amide bonds.